The van der Waals surface area contributed by atoms with Crippen LogP contribution in [0, 0.1) is 6.92 Å². The number of methoxy groups -OCH3 is 1. The van der Waals surface area contributed by atoms with Crippen molar-refractivity contribution >= 4 is 33.7 Å². The highest BCUT2D eigenvalue weighted by Crippen LogP contribution is 2.36. The molecule has 3 atom stereocenters. The number of rotatable bonds is 9. The molecule has 0 radical (unpaired) electrons. The molecule has 0 bridgehead atoms. The van der Waals surface area contributed by atoms with E-state index in [9.17, 15) is 18.0 Å². The highest BCUT2D eigenvalue weighted by Gasteiger charge is 2.45. The number of nitrogens with zero attached hydrogens (tertiary/aromatic N) is 1. The van der Waals surface area contributed by atoms with Crippen LogP contribution in [0.4, 0.5) is 0 Å². The van der Waals surface area contributed by atoms with Crippen molar-refractivity contribution in [3.8, 4) is 0 Å². The van der Waals surface area contributed by atoms with Crippen LogP contribution in [0.5, 0.6) is 0 Å². The van der Waals surface area contributed by atoms with Gasteiger partial charge in [-0.25, -0.2) is 13.2 Å². The zero-order valence-corrected chi connectivity index (χ0v) is 22.4. The third kappa shape index (κ3) is 6.60. The van der Waals surface area contributed by atoms with Crippen molar-refractivity contribution in [2.75, 3.05) is 13.7 Å². The van der Waals surface area contributed by atoms with Gasteiger partial charge < -0.3 is 10.1 Å². The number of nitrogens with one attached hydrogen (secondary N) is 1. The molecule has 0 aliphatic carbocycles. The number of carbonyl (C=O) groups is 2. The summed E-state index contributed by atoms with van der Waals surface area (Å²) in [7, 11) is -2.69. The molecule has 1 amide bonds. The Kier molecular flexibility index (Phi) is 8.68. The van der Waals surface area contributed by atoms with Crippen LogP contribution in [0.15, 0.2) is 94.7 Å². The van der Waals surface area contributed by atoms with Gasteiger partial charge in [-0.2, -0.15) is 4.31 Å². The molecule has 3 aromatic carbocycles. The van der Waals surface area contributed by atoms with E-state index in [0.717, 1.165) is 16.0 Å². The molecule has 1 heterocycles. The molecule has 4 rings (SSSR count). The van der Waals surface area contributed by atoms with E-state index in [2.05, 4.69) is 5.32 Å². The standard InChI is InChI=1S/C28H30N2O5S2/c1-20-13-15-24(16-14-20)37(33,34)30-19-23(36-22-11-7-4-8-12-22)18-26(30)27(31)29-25(28(32)35-2)17-21-9-5-3-6-10-21/h3-16,23,25-26H,17-19H2,1-2H3,(H,29,31)/t23-,25-,26-/m0/s1. The van der Waals surface area contributed by atoms with E-state index >= 15 is 0 Å². The molecule has 0 saturated carbocycles. The number of sulfonamides is 1. The first-order valence-electron chi connectivity index (χ1n) is 12.0. The van der Waals surface area contributed by atoms with Gasteiger partial charge in [0.15, 0.2) is 0 Å². The molecule has 0 aromatic heterocycles. The summed E-state index contributed by atoms with van der Waals surface area (Å²) in [6.07, 6.45) is 0.550. The van der Waals surface area contributed by atoms with E-state index in [1.807, 2.05) is 67.6 Å². The Labute approximate surface area is 222 Å². The van der Waals surface area contributed by atoms with Crippen LogP contribution in [0.2, 0.25) is 0 Å². The van der Waals surface area contributed by atoms with Gasteiger partial charge in [0.1, 0.15) is 12.1 Å². The predicted octanol–water partition coefficient (Wildman–Crippen LogP) is 3.82. The number of hydrogen-bond donors (Lipinski definition) is 1. The number of benzene rings is 3. The Hall–Kier alpha value is -3.14. The zero-order valence-electron chi connectivity index (χ0n) is 20.7. The first-order chi connectivity index (χ1) is 17.8. The number of aryl methyl sites for hydroxylation is 1. The smallest absolute Gasteiger partial charge is 0.328 e. The highest BCUT2D eigenvalue weighted by atomic mass is 32.2. The highest BCUT2D eigenvalue weighted by molar-refractivity contribution is 8.00. The summed E-state index contributed by atoms with van der Waals surface area (Å²) in [4.78, 5) is 27.2. The van der Waals surface area contributed by atoms with Gasteiger partial charge in [0, 0.05) is 23.1 Å². The number of thioether (sulfide) groups is 1. The van der Waals surface area contributed by atoms with Gasteiger partial charge >= 0.3 is 5.97 Å². The van der Waals surface area contributed by atoms with Crippen LogP contribution in [-0.4, -0.2) is 55.6 Å². The van der Waals surface area contributed by atoms with Crippen molar-refractivity contribution in [3.05, 3.63) is 96.1 Å². The van der Waals surface area contributed by atoms with Crippen molar-refractivity contribution < 1.29 is 22.7 Å². The minimum absolute atomic E-state index is 0.134. The summed E-state index contributed by atoms with van der Waals surface area (Å²) in [5.74, 6) is -1.10. The van der Waals surface area contributed by atoms with E-state index in [1.165, 1.54) is 11.4 Å². The van der Waals surface area contributed by atoms with E-state index in [0.29, 0.717) is 6.42 Å². The monoisotopic (exact) mass is 538 g/mol. The van der Waals surface area contributed by atoms with Crippen LogP contribution in [0.25, 0.3) is 0 Å². The maximum Gasteiger partial charge on any atom is 0.328 e. The Morgan fingerprint density at radius 2 is 1.62 bits per heavy atom. The molecule has 1 aliphatic rings. The number of hydrogen-bond acceptors (Lipinski definition) is 6. The molecular formula is C28H30N2O5S2. The van der Waals surface area contributed by atoms with Crippen LogP contribution in [0.1, 0.15) is 17.5 Å². The molecule has 0 unspecified atom stereocenters. The number of ether oxygens (including phenoxy) is 1. The lowest BCUT2D eigenvalue weighted by Gasteiger charge is -2.25. The van der Waals surface area contributed by atoms with E-state index in [1.54, 1.807) is 36.0 Å². The number of amides is 1. The van der Waals surface area contributed by atoms with E-state index < -0.39 is 34.0 Å². The Bertz CT molecular complexity index is 1320. The summed E-state index contributed by atoms with van der Waals surface area (Å²) in [6, 6.07) is 23.7. The summed E-state index contributed by atoms with van der Waals surface area (Å²) < 4.78 is 33.5. The molecule has 1 saturated heterocycles. The lowest BCUT2D eigenvalue weighted by molar-refractivity contribution is -0.145. The topological polar surface area (TPSA) is 92.8 Å². The molecule has 7 nitrogen and oxygen atoms in total. The molecule has 37 heavy (non-hydrogen) atoms. The zero-order chi connectivity index (χ0) is 26.4. The number of esters is 1. The minimum atomic E-state index is -3.95. The van der Waals surface area contributed by atoms with Crippen LogP contribution < -0.4 is 5.32 Å². The third-order valence-electron chi connectivity index (χ3n) is 6.28. The van der Waals surface area contributed by atoms with Gasteiger partial charge in [0.2, 0.25) is 15.9 Å². The van der Waals surface area contributed by atoms with E-state index in [4.69, 9.17) is 4.74 Å². The molecule has 194 valence electrons. The summed E-state index contributed by atoms with van der Waals surface area (Å²) in [5.41, 5.74) is 1.79. The normalized spacial score (nSPS) is 18.8. The largest absolute Gasteiger partial charge is 0.467 e. The number of carbonyl (C=O) groups excluding carboxylic acids is 2. The second-order valence-electron chi connectivity index (χ2n) is 8.97. The first kappa shape index (κ1) is 26.9. The van der Waals surface area contributed by atoms with Crippen molar-refractivity contribution in [1.29, 1.82) is 0 Å². The van der Waals surface area contributed by atoms with E-state index in [-0.39, 0.29) is 23.1 Å². The Balaban J connectivity index is 1.60. The van der Waals surface area contributed by atoms with Gasteiger partial charge in [0.25, 0.3) is 0 Å². The fraction of sp³-hybridized carbons (Fsp3) is 0.286. The van der Waals surface area contributed by atoms with Gasteiger partial charge in [-0.15, -0.1) is 11.8 Å². The molecule has 1 fully saturated rings. The van der Waals surface area contributed by atoms with Gasteiger partial charge in [0.05, 0.1) is 12.0 Å². The average molecular weight is 539 g/mol. The second-order valence-corrected chi connectivity index (χ2v) is 12.2. The van der Waals surface area contributed by atoms with Crippen molar-refractivity contribution in [2.24, 2.45) is 0 Å². The fourth-order valence-electron chi connectivity index (χ4n) is 4.35. The minimum Gasteiger partial charge on any atom is -0.467 e. The molecule has 0 spiro atoms. The van der Waals surface area contributed by atoms with Crippen molar-refractivity contribution in [1.82, 2.24) is 9.62 Å². The maximum absolute atomic E-state index is 13.7. The Morgan fingerprint density at radius 1 is 1.00 bits per heavy atom. The van der Waals surface area contributed by atoms with Crippen LogP contribution in [0.3, 0.4) is 0 Å². The van der Waals surface area contributed by atoms with Crippen molar-refractivity contribution in [2.45, 2.75) is 46.9 Å². The maximum atomic E-state index is 13.7. The van der Waals surface area contributed by atoms with Crippen LogP contribution >= 0.6 is 11.8 Å². The lowest BCUT2D eigenvalue weighted by Crippen LogP contribution is -2.51. The Morgan fingerprint density at radius 3 is 2.24 bits per heavy atom. The summed E-state index contributed by atoms with van der Waals surface area (Å²) in [5, 5.41) is 2.64. The summed E-state index contributed by atoms with van der Waals surface area (Å²) >= 11 is 1.54. The fourth-order valence-corrected chi connectivity index (χ4v) is 7.30. The third-order valence-corrected chi connectivity index (χ3v) is 9.39. The first-order valence-corrected chi connectivity index (χ1v) is 14.3. The molecular weight excluding hydrogens is 508 g/mol. The van der Waals surface area contributed by atoms with Gasteiger partial charge in [-0.1, -0.05) is 66.2 Å². The molecule has 9 heteroatoms. The molecule has 1 aliphatic heterocycles. The SMILES string of the molecule is COC(=O)[C@H](Cc1ccccc1)NC(=O)[C@@H]1C[C@H](Sc2ccccc2)CN1S(=O)(=O)c1ccc(C)cc1. The van der Waals surface area contributed by atoms with Crippen molar-refractivity contribution in [3.63, 3.8) is 0 Å². The second kappa shape index (κ2) is 11.9. The predicted molar refractivity (Wildman–Crippen MR) is 144 cm³/mol. The summed E-state index contributed by atoms with van der Waals surface area (Å²) in [6.45, 7) is 2.06. The van der Waals surface area contributed by atoms with Crippen LogP contribution in [-0.2, 0) is 30.8 Å². The lowest BCUT2D eigenvalue weighted by atomic mass is 10.1. The van der Waals surface area contributed by atoms with Gasteiger partial charge in [-0.05, 0) is 43.2 Å². The molecule has 3 aromatic rings. The molecule has 1 N–H and O–H groups in total. The average Bonchev–Trinajstić information content (AvgIpc) is 3.34. The van der Waals surface area contributed by atoms with Gasteiger partial charge in [-0.3, -0.25) is 4.79 Å². The quantitative estimate of drug-likeness (QED) is 0.417.